The Kier molecular flexibility index (Phi) is 4.45. The zero-order chi connectivity index (χ0) is 12.4. The molecule has 1 saturated heterocycles. The molecular weight excluding hydrogens is 305 g/mol. The number of likely N-dealkylation sites (tertiary alicyclic amines) is 1. The summed E-state index contributed by atoms with van der Waals surface area (Å²) in [7, 11) is 0. The highest BCUT2D eigenvalue weighted by atomic mass is 79.9. The first kappa shape index (κ1) is 13.3. The molecule has 0 aliphatic carbocycles. The van der Waals surface area contributed by atoms with E-state index in [0.717, 1.165) is 18.7 Å². The molecule has 0 radical (unpaired) electrons. The minimum absolute atomic E-state index is 0.197. The van der Waals surface area contributed by atoms with Crippen LogP contribution in [0.5, 0.6) is 0 Å². The third-order valence-corrected chi connectivity index (χ3v) is 4.76. The van der Waals surface area contributed by atoms with E-state index in [1.165, 1.54) is 12.5 Å². The number of hydrogen-bond acceptors (Lipinski definition) is 1. The van der Waals surface area contributed by atoms with Crippen LogP contribution in [0.25, 0.3) is 0 Å². The number of hydrogen-bond donors (Lipinski definition) is 0. The van der Waals surface area contributed by atoms with Crippen LogP contribution >= 0.6 is 27.5 Å². The standard InChI is InChI=1S/C13H16BrClFN/c1-9-5-6-17(12(9)7-15)8-10-3-2-4-11(16)13(10)14/h2-4,9,12H,5-8H2,1H3. The van der Waals surface area contributed by atoms with Crippen LogP contribution in [0.1, 0.15) is 18.9 Å². The Labute approximate surface area is 115 Å². The Balaban J connectivity index is 2.13. The molecule has 1 aliphatic heterocycles. The first-order valence-corrected chi connectivity index (χ1v) is 7.19. The van der Waals surface area contributed by atoms with Crippen LogP contribution in [0.3, 0.4) is 0 Å². The molecule has 1 aliphatic rings. The van der Waals surface area contributed by atoms with Gasteiger partial charge in [-0.3, -0.25) is 4.90 Å². The van der Waals surface area contributed by atoms with Crippen molar-refractivity contribution in [3.05, 3.63) is 34.1 Å². The molecule has 94 valence electrons. The van der Waals surface area contributed by atoms with Crippen LogP contribution in [-0.2, 0) is 6.54 Å². The molecule has 0 bridgehead atoms. The molecule has 0 spiro atoms. The van der Waals surface area contributed by atoms with Gasteiger partial charge in [0, 0.05) is 18.5 Å². The molecule has 1 fully saturated rings. The predicted molar refractivity (Wildman–Crippen MR) is 72.8 cm³/mol. The lowest BCUT2D eigenvalue weighted by Gasteiger charge is -2.25. The van der Waals surface area contributed by atoms with Crippen molar-refractivity contribution in [3.63, 3.8) is 0 Å². The van der Waals surface area contributed by atoms with Crippen molar-refractivity contribution < 1.29 is 4.39 Å². The number of halogens is 3. The summed E-state index contributed by atoms with van der Waals surface area (Å²) < 4.78 is 14.0. The van der Waals surface area contributed by atoms with Crippen molar-refractivity contribution in [1.29, 1.82) is 0 Å². The topological polar surface area (TPSA) is 3.24 Å². The van der Waals surface area contributed by atoms with Gasteiger partial charge in [0.2, 0.25) is 0 Å². The van der Waals surface area contributed by atoms with E-state index in [4.69, 9.17) is 11.6 Å². The van der Waals surface area contributed by atoms with Gasteiger partial charge in [-0.1, -0.05) is 19.1 Å². The van der Waals surface area contributed by atoms with Crippen LogP contribution in [-0.4, -0.2) is 23.4 Å². The van der Waals surface area contributed by atoms with Gasteiger partial charge >= 0.3 is 0 Å². The zero-order valence-corrected chi connectivity index (χ0v) is 12.1. The first-order valence-electron chi connectivity index (χ1n) is 5.86. The van der Waals surface area contributed by atoms with Crippen LogP contribution in [0, 0.1) is 11.7 Å². The predicted octanol–water partition coefficient (Wildman–Crippen LogP) is 4.04. The van der Waals surface area contributed by atoms with Crippen molar-refractivity contribution in [1.82, 2.24) is 4.90 Å². The molecule has 1 aromatic rings. The van der Waals surface area contributed by atoms with Gasteiger partial charge in [-0.15, -0.1) is 11.6 Å². The molecule has 0 saturated carbocycles. The number of nitrogens with zero attached hydrogens (tertiary/aromatic N) is 1. The molecule has 1 aromatic carbocycles. The first-order chi connectivity index (χ1) is 8.13. The molecule has 1 heterocycles. The minimum atomic E-state index is -0.197. The number of benzene rings is 1. The van der Waals surface area contributed by atoms with Crippen molar-refractivity contribution in [2.75, 3.05) is 12.4 Å². The average molecular weight is 321 g/mol. The Morgan fingerprint density at radius 2 is 2.29 bits per heavy atom. The third kappa shape index (κ3) is 2.83. The number of rotatable bonds is 3. The second-order valence-corrected chi connectivity index (χ2v) is 5.77. The lowest BCUT2D eigenvalue weighted by molar-refractivity contribution is 0.241. The lowest BCUT2D eigenvalue weighted by Crippen LogP contribution is -2.33. The SMILES string of the molecule is CC1CCN(Cc2cccc(F)c2Br)C1CCl. The normalized spacial score (nSPS) is 25.4. The fourth-order valence-corrected chi connectivity index (χ4v) is 3.31. The zero-order valence-electron chi connectivity index (χ0n) is 9.80. The van der Waals surface area contributed by atoms with E-state index in [0.29, 0.717) is 22.3 Å². The van der Waals surface area contributed by atoms with Crippen molar-refractivity contribution in [2.24, 2.45) is 5.92 Å². The molecule has 0 aromatic heterocycles. The van der Waals surface area contributed by atoms with E-state index >= 15 is 0 Å². The van der Waals surface area contributed by atoms with E-state index in [9.17, 15) is 4.39 Å². The van der Waals surface area contributed by atoms with Gasteiger partial charge in [0.15, 0.2) is 0 Å². The van der Waals surface area contributed by atoms with Gasteiger partial charge in [-0.05, 0) is 46.4 Å². The highest BCUT2D eigenvalue weighted by Crippen LogP contribution is 2.29. The fraction of sp³-hybridized carbons (Fsp3) is 0.538. The van der Waals surface area contributed by atoms with E-state index in [1.807, 2.05) is 6.07 Å². The van der Waals surface area contributed by atoms with Crippen LogP contribution in [0.4, 0.5) is 4.39 Å². The summed E-state index contributed by atoms with van der Waals surface area (Å²) in [5.41, 5.74) is 0.995. The maximum Gasteiger partial charge on any atom is 0.137 e. The molecule has 0 amide bonds. The largest absolute Gasteiger partial charge is 0.295 e. The summed E-state index contributed by atoms with van der Waals surface area (Å²) in [5.74, 6) is 1.07. The van der Waals surface area contributed by atoms with Gasteiger partial charge < -0.3 is 0 Å². The maximum atomic E-state index is 13.4. The monoisotopic (exact) mass is 319 g/mol. The van der Waals surface area contributed by atoms with Crippen LogP contribution < -0.4 is 0 Å². The Bertz CT molecular complexity index is 399. The van der Waals surface area contributed by atoms with Gasteiger partial charge in [0.05, 0.1) is 4.47 Å². The van der Waals surface area contributed by atoms with Gasteiger partial charge in [0.1, 0.15) is 5.82 Å². The second kappa shape index (κ2) is 5.68. The van der Waals surface area contributed by atoms with E-state index < -0.39 is 0 Å². The Morgan fingerprint density at radius 1 is 1.53 bits per heavy atom. The van der Waals surface area contributed by atoms with E-state index in [2.05, 4.69) is 27.8 Å². The van der Waals surface area contributed by atoms with Gasteiger partial charge in [0.25, 0.3) is 0 Å². The third-order valence-electron chi connectivity index (χ3n) is 3.56. The maximum absolute atomic E-state index is 13.4. The smallest absolute Gasteiger partial charge is 0.137 e. The Morgan fingerprint density at radius 3 is 3.00 bits per heavy atom. The highest BCUT2D eigenvalue weighted by molar-refractivity contribution is 9.10. The quantitative estimate of drug-likeness (QED) is 0.760. The molecule has 2 rings (SSSR count). The highest BCUT2D eigenvalue weighted by Gasteiger charge is 2.30. The van der Waals surface area contributed by atoms with Crippen molar-refractivity contribution in [3.8, 4) is 0 Å². The molecule has 1 nitrogen and oxygen atoms in total. The van der Waals surface area contributed by atoms with Crippen LogP contribution in [0.15, 0.2) is 22.7 Å². The second-order valence-electron chi connectivity index (χ2n) is 4.67. The fourth-order valence-electron chi connectivity index (χ4n) is 2.42. The van der Waals surface area contributed by atoms with Crippen molar-refractivity contribution in [2.45, 2.75) is 25.9 Å². The molecule has 0 N–H and O–H groups in total. The summed E-state index contributed by atoms with van der Waals surface area (Å²) in [4.78, 5) is 2.34. The summed E-state index contributed by atoms with van der Waals surface area (Å²) in [6.07, 6.45) is 1.17. The molecule has 2 atom stereocenters. The van der Waals surface area contributed by atoms with Crippen molar-refractivity contribution >= 4 is 27.5 Å². The van der Waals surface area contributed by atoms with E-state index in [1.54, 1.807) is 6.07 Å². The lowest BCUT2D eigenvalue weighted by atomic mass is 10.0. The number of alkyl halides is 1. The average Bonchev–Trinajstić information content (AvgIpc) is 2.66. The van der Waals surface area contributed by atoms with Crippen LogP contribution in [0.2, 0.25) is 0 Å². The Hall–Kier alpha value is -0.120. The summed E-state index contributed by atoms with van der Waals surface area (Å²) in [5, 5.41) is 0. The van der Waals surface area contributed by atoms with Gasteiger partial charge in [-0.2, -0.15) is 0 Å². The molecule has 2 unspecified atom stereocenters. The van der Waals surface area contributed by atoms with Gasteiger partial charge in [-0.25, -0.2) is 4.39 Å². The molecule has 17 heavy (non-hydrogen) atoms. The summed E-state index contributed by atoms with van der Waals surface area (Å²) in [6.45, 7) is 4.04. The minimum Gasteiger partial charge on any atom is -0.295 e. The van der Waals surface area contributed by atoms with E-state index in [-0.39, 0.29) is 5.82 Å². The summed E-state index contributed by atoms with van der Waals surface area (Å²) >= 11 is 9.32. The summed E-state index contributed by atoms with van der Waals surface area (Å²) in [6, 6.07) is 5.59. The molecule has 4 heteroatoms. The molecular formula is C13H16BrClFN.